The van der Waals surface area contributed by atoms with Gasteiger partial charge in [-0.05, 0) is 31.8 Å². The van der Waals surface area contributed by atoms with Crippen molar-refractivity contribution in [2.24, 2.45) is 11.7 Å². The first-order valence-corrected chi connectivity index (χ1v) is 5.97. The summed E-state index contributed by atoms with van der Waals surface area (Å²) in [5.74, 6) is 0.823. The molecule has 2 aliphatic heterocycles. The van der Waals surface area contributed by atoms with Crippen molar-refractivity contribution in [1.29, 1.82) is 0 Å². The van der Waals surface area contributed by atoms with Crippen LogP contribution in [0.1, 0.15) is 19.8 Å². The quantitative estimate of drug-likeness (QED) is 0.708. The summed E-state index contributed by atoms with van der Waals surface area (Å²) in [5, 5.41) is 0. The molecule has 1 amide bonds. The second-order valence-corrected chi connectivity index (χ2v) is 4.73. The highest BCUT2D eigenvalue weighted by Crippen LogP contribution is 2.19. The summed E-state index contributed by atoms with van der Waals surface area (Å²) in [6, 6.07) is -0.228. The van der Waals surface area contributed by atoms with Gasteiger partial charge in [-0.15, -0.1) is 0 Å². The lowest BCUT2D eigenvalue weighted by atomic mass is 10.1. The van der Waals surface area contributed by atoms with Gasteiger partial charge in [-0.1, -0.05) is 6.92 Å². The SMILES string of the molecule is CCN1CCC(CN2CCC(N)C2=O)C1. The van der Waals surface area contributed by atoms with Gasteiger partial charge in [0, 0.05) is 19.6 Å². The molecule has 2 saturated heterocycles. The monoisotopic (exact) mass is 211 g/mol. The molecule has 0 saturated carbocycles. The van der Waals surface area contributed by atoms with Crippen LogP contribution in [0, 0.1) is 5.92 Å². The summed E-state index contributed by atoms with van der Waals surface area (Å²) in [6.45, 7) is 7.44. The molecule has 4 heteroatoms. The van der Waals surface area contributed by atoms with Crippen LogP contribution in [0.2, 0.25) is 0 Å². The molecule has 2 heterocycles. The number of likely N-dealkylation sites (tertiary alicyclic amines) is 2. The third-order valence-corrected chi connectivity index (χ3v) is 3.63. The van der Waals surface area contributed by atoms with Crippen LogP contribution < -0.4 is 5.73 Å². The van der Waals surface area contributed by atoms with E-state index < -0.39 is 0 Å². The van der Waals surface area contributed by atoms with Crippen molar-refractivity contribution in [1.82, 2.24) is 9.80 Å². The molecule has 86 valence electrons. The van der Waals surface area contributed by atoms with Crippen LogP contribution in [0.5, 0.6) is 0 Å². The summed E-state index contributed by atoms with van der Waals surface area (Å²) in [5.41, 5.74) is 5.69. The Balaban J connectivity index is 1.81. The summed E-state index contributed by atoms with van der Waals surface area (Å²) in [4.78, 5) is 16.0. The first kappa shape index (κ1) is 10.9. The van der Waals surface area contributed by atoms with E-state index in [-0.39, 0.29) is 11.9 Å². The molecule has 0 aliphatic carbocycles. The molecule has 2 rings (SSSR count). The topological polar surface area (TPSA) is 49.6 Å². The minimum absolute atomic E-state index is 0.157. The summed E-state index contributed by atoms with van der Waals surface area (Å²) < 4.78 is 0. The number of hydrogen-bond donors (Lipinski definition) is 1. The van der Waals surface area contributed by atoms with Crippen molar-refractivity contribution < 1.29 is 4.79 Å². The lowest BCUT2D eigenvalue weighted by Gasteiger charge is -2.20. The van der Waals surface area contributed by atoms with E-state index in [0.29, 0.717) is 5.92 Å². The van der Waals surface area contributed by atoms with Crippen LogP contribution in [0.3, 0.4) is 0 Å². The first-order valence-electron chi connectivity index (χ1n) is 5.97. The van der Waals surface area contributed by atoms with Crippen molar-refractivity contribution >= 4 is 5.91 Å². The molecule has 15 heavy (non-hydrogen) atoms. The van der Waals surface area contributed by atoms with E-state index in [2.05, 4.69) is 11.8 Å². The Bertz CT molecular complexity index is 244. The molecule has 2 unspecified atom stereocenters. The fourth-order valence-electron chi connectivity index (χ4n) is 2.61. The smallest absolute Gasteiger partial charge is 0.239 e. The highest BCUT2D eigenvalue weighted by Gasteiger charge is 2.31. The van der Waals surface area contributed by atoms with E-state index >= 15 is 0 Å². The zero-order valence-electron chi connectivity index (χ0n) is 9.48. The molecule has 0 bridgehead atoms. The van der Waals surface area contributed by atoms with Gasteiger partial charge in [-0.25, -0.2) is 0 Å². The van der Waals surface area contributed by atoms with Crippen LogP contribution in [0.15, 0.2) is 0 Å². The zero-order chi connectivity index (χ0) is 10.8. The van der Waals surface area contributed by atoms with E-state index in [1.54, 1.807) is 0 Å². The fourth-order valence-corrected chi connectivity index (χ4v) is 2.61. The normalized spacial score (nSPS) is 32.9. The second-order valence-electron chi connectivity index (χ2n) is 4.73. The lowest BCUT2D eigenvalue weighted by molar-refractivity contribution is -0.129. The Morgan fingerprint density at radius 1 is 1.40 bits per heavy atom. The van der Waals surface area contributed by atoms with Crippen molar-refractivity contribution in [2.75, 3.05) is 32.7 Å². The van der Waals surface area contributed by atoms with Crippen LogP contribution in [0.25, 0.3) is 0 Å². The van der Waals surface area contributed by atoms with Crippen molar-refractivity contribution in [2.45, 2.75) is 25.8 Å². The van der Waals surface area contributed by atoms with Gasteiger partial charge in [0.25, 0.3) is 0 Å². The maximum absolute atomic E-state index is 11.6. The standard InChI is InChI=1S/C11H21N3O/c1-2-13-5-3-9(7-13)8-14-6-4-10(12)11(14)15/h9-10H,2-8,12H2,1H3. The number of carbonyl (C=O) groups is 1. The van der Waals surface area contributed by atoms with Gasteiger partial charge >= 0.3 is 0 Å². The summed E-state index contributed by atoms with van der Waals surface area (Å²) in [7, 11) is 0. The molecule has 2 fully saturated rings. The highest BCUT2D eigenvalue weighted by molar-refractivity contribution is 5.83. The summed E-state index contributed by atoms with van der Waals surface area (Å²) in [6.07, 6.45) is 2.07. The minimum Gasteiger partial charge on any atom is -0.341 e. The number of carbonyl (C=O) groups excluding carboxylic acids is 1. The lowest BCUT2D eigenvalue weighted by Crippen LogP contribution is -2.37. The fraction of sp³-hybridized carbons (Fsp3) is 0.909. The van der Waals surface area contributed by atoms with Crippen LogP contribution in [0.4, 0.5) is 0 Å². The van der Waals surface area contributed by atoms with Crippen LogP contribution in [-0.4, -0.2) is 54.5 Å². The molecule has 0 aromatic rings. The largest absolute Gasteiger partial charge is 0.341 e. The third kappa shape index (κ3) is 2.32. The van der Waals surface area contributed by atoms with Gasteiger partial charge in [0.1, 0.15) is 0 Å². The number of rotatable bonds is 3. The van der Waals surface area contributed by atoms with E-state index in [0.717, 1.165) is 32.6 Å². The Morgan fingerprint density at radius 3 is 2.73 bits per heavy atom. The van der Waals surface area contributed by atoms with Gasteiger partial charge in [0.15, 0.2) is 0 Å². The van der Waals surface area contributed by atoms with Crippen molar-refractivity contribution in [3.8, 4) is 0 Å². The molecule has 0 spiro atoms. The number of amides is 1. The van der Waals surface area contributed by atoms with Crippen LogP contribution in [-0.2, 0) is 4.79 Å². The van der Waals surface area contributed by atoms with Gasteiger partial charge in [-0.2, -0.15) is 0 Å². The molecule has 0 aromatic carbocycles. The third-order valence-electron chi connectivity index (χ3n) is 3.63. The molecule has 2 atom stereocenters. The molecule has 0 radical (unpaired) electrons. The Morgan fingerprint density at radius 2 is 2.20 bits per heavy atom. The van der Waals surface area contributed by atoms with E-state index in [1.807, 2.05) is 4.90 Å². The number of hydrogen-bond acceptors (Lipinski definition) is 3. The molecular formula is C11H21N3O. The average molecular weight is 211 g/mol. The predicted octanol–water partition coefficient (Wildman–Crippen LogP) is -0.112. The highest BCUT2D eigenvalue weighted by atomic mass is 16.2. The maximum Gasteiger partial charge on any atom is 0.239 e. The molecular weight excluding hydrogens is 190 g/mol. The van der Waals surface area contributed by atoms with Crippen molar-refractivity contribution in [3.63, 3.8) is 0 Å². The number of nitrogens with two attached hydrogens (primary N) is 1. The zero-order valence-corrected chi connectivity index (χ0v) is 9.48. The Kier molecular flexibility index (Phi) is 3.26. The van der Waals surface area contributed by atoms with Crippen LogP contribution >= 0.6 is 0 Å². The average Bonchev–Trinajstić information content (AvgIpc) is 2.80. The van der Waals surface area contributed by atoms with Gasteiger partial charge in [-0.3, -0.25) is 4.79 Å². The molecule has 2 aliphatic rings. The van der Waals surface area contributed by atoms with E-state index in [1.165, 1.54) is 13.0 Å². The minimum atomic E-state index is -0.228. The van der Waals surface area contributed by atoms with Crippen molar-refractivity contribution in [3.05, 3.63) is 0 Å². The second kappa shape index (κ2) is 4.49. The van der Waals surface area contributed by atoms with Gasteiger partial charge < -0.3 is 15.5 Å². The molecule has 0 aromatic heterocycles. The summed E-state index contributed by atoms with van der Waals surface area (Å²) >= 11 is 0. The molecule has 4 nitrogen and oxygen atoms in total. The predicted molar refractivity (Wildman–Crippen MR) is 59.4 cm³/mol. The van der Waals surface area contributed by atoms with Gasteiger partial charge in [0.2, 0.25) is 5.91 Å². The Labute approximate surface area is 91.4 Å². The Hall–Kier alpha value is -0.610. The van der Waals surface area contributed by atoms with E-state index in [9.17, 15) is 4.79 Å². The number of nitrogens with zero attached hydrogens (tertiary/aromatic N) is 2. The van der Waals surface area contributed by atoms with E-state index in [4.69, 9.17) is 5.73 Å². The van der Waals surface area contributed by atoms with Gasteiger partial charge in [0.05, 0.1) is 6.04 Å². The molecule has 2 N–H and O–H groups in total. The first-order chi connectivity index (χ1) is 7.20. The maximum atomic E-state index is 11.6.